The van der Waals surface area contributed by atoms with Gasteiger partial charge in [-0.05, 0) is 64.2 Å². The molecule has 0 aliphatic carbocycles. The quantitative estimate of drug-likeness (QED) is 0.0172. The summed E-state index contributed by atoms with van der Waals surface area (Å²) in [4.78, 5) is 13.1. The van der Waals surface area contributed by atoms with Gasteiger partial charge in [0.15, 0.2) is 12.6 Å². The van der Waals surface area contributed by atoms with Gasteiger partial charge in [0.05, 0.1) is 26.4 Å². The maximum absolute atomic E-state index is 13.1. The third kappa shape index (κ3) is 35.0. The van der Waals surface area contributed by atoms with Crippen LogP contribution in [0.1, 0.15) is 258 Å². The highest BCUT2D eigenvalue weighted by Gasteiger charge is 2.47. The summed E-state index contributed by atoms with van der Waals surface area (Å²) in [7, 11) is 0. The molecule has 11 atom stereocenters. The normalized spacial score (nSPS) is 24.7. The molecule has 0 saturated carbocycles. The van der Waals surface area contributed by atoms with Crippen LogP contribution < -0.4 is 0 Å². The fourth-order valence-electron chi connectivity index (χ4n) is 9.92. The first kappa shape index (κ1) is 69.6. The molecule has 2 fully saturated rings. The van der Waals surface area contributed by atoms with Crippen LogP contribution in [0.4, 0.5) is 0 Å². The molecular weight excluding hydrogens is 957 g/mol. The number of hydrogen-bond donors (Lipinski definition) is 7. The minimum absolute atomic E-state index is 0.0634. The van der Waals surface area contributed by atoms with E-state index >= 15 is 0 Å². The molecule has 14 heteroatoms. The van der Waals surface area contributed by atoms with Crippen LogP contribution >= 0.6 is 0 Å². The van der Waals surface area contributed by atoms with Crippen molar-refractivity contribution >= 4 is 5.97 Å². The summed E-state index contributed by atoms with van der Waals surface area (Å²) in [5.74, 6) is -0.374. The van der Waals surface area contributed by atoms with Gasteiger partial charge in [0, 0.05) is 13.0 Å². The zero-order valence-electron chi connectivity index (χ0n) is 47.6. The van der Waals surface area contributed by atoms with Crippen molar-refractivity contribution < 1.29 is 69.0 Å². The highest BCUT2D eigenvalue weighted by molar-refractivity contribution is 5.69. The number of unbranched alkanes of at least 4 members (excludes halogenated alkanes) is 33. The standard InChI is InChI=1S/C61H114O14/c1-3-5-7-9-11-13-15-17-19-21-23-25-26-28-30-32-34-36-38-40-42-44-53(63)73-50(47-70-45-43-41-39-37-35-33-31-29-27-24-22-20-18-16-14-12-10-8-6-4-2)48-71-60-59(69)57(67)55(65)52(75-60)49-72-61-58(68)56(66)54(64)51(46-62)74-61/h18,20-21,23,50-52,54-62,64-69H,3-17,19,22,24-49H2,1-2H3/b20-18-,23-21-. The molecule has 2 aliphatic rings. The molecule has 75 heavy (non-hydrogen) atoms. The zero-order valence-corrected chi connectivity index (χ0v) is 47.6. The molecule has 0 bridgehead atoms. The molecule has 2 rings (SSSR count). The Labute approximate surface area is 456 Å². The Balaban J connectivity index is 1.69. The number of ether oxygens (including phenoxy) is 6. The molecule has 2 saturated heterocycles. The second kappa shape index (κ2) is 48.4. The zero-order chi connectivity index (χ0) is 54.4. The van der Waals surface area contributed by atoms with Gasteiger partial charge in [0.1, 0.15) is 54.9 Å². The summed E-state index contributed by atoms with van der Waals surface area (Å²) < 4.78 is 34.5. The van der Waals surface area contributed by atoms with Crippen LogP contribution in [0.25, 0.3) is 0 Å². The topological polar surface area (TPSA) is 214 Å². The van der Waals surface area contributed by atoms with E-state index in [0.29, 0.717) is 13.0 Å². The molecule has 2 heterocycles. The van der Waals surface area contributed by atoms with E-state index in [1.54, 1.807) is 0 Å². The molecule has 2 aliphatic heterocycles. The van der Waals surface area contributed by atoms with Gasteiger partial charge < -0.3 is 64.2 Å². The fourth-order valence-corrected chi connectivity index (χ4v) is 9.92. The molecule has 7 N–H and O–H groups in total. The number of aliphatic hydroxyl groups excluding tert-OH is 7. The van der Waals surface area contributed by atoms with E-state index < -0.39 is 80.7 Å². The molecule has 14 nitrogen and oxygen atoms in total. The van der Waals surface area contributed by atoms with Crippen molar-refractivity contribution in [3.05, 3.63) is 24.3 Å². The summed E-state index contributed by atoms with van der Waals surface area (Å²) in [5, 5.41) is 72.4. The number of carbonyl (C=O) groups is 1. The molecule has 0 aromatic rings. The molecule has 0 spiro atoms. The number of rotatable bonds is 51. The number of esters is 1. The minimum atomic E-state index is -1.71. The average Bonchev–Trinajstić information content (AvgIpc) is 3.41. The van der Waals surface area contributed by atoms with E-state index in [4.69, 9.17) is 28.4 Å². The number of allylic oxidation sites excluding steroid dienone is 4. The average molecular weight is 1070 g/mol. The van der Waals surface area contributed by atoms with Crippen LogP contribution in [0.2, 0.25) is 0 Å². The predicted molar refractivity (Wildman–Crippen MR) is 298 cm³/mol. The highest BCUT2D eigenvalue weighted by Crippen LogP contribution is 2.27. The third-order valence-corrected chi connectivity index (χ3v) is 14.9. The van der Waals surface area contributed by atoms with Crippen LogP contribution in [0, 0.1) is 0 Å². The van der Waals surface area contributed by atoms with Gasteiger partial charge in [0.25, 0.3) is 0 Å². The van der Waals surface area contributed by atoms with Crippen molar-refractivity contribution in [3.8, 4) is 0 Å². The summed E-state index contributed by atoms with van der Waals surface area (Å²) in [6.45, 7) is 3.73. The third-order valence-electron chi connectivity index (χ3n) is 14.9. The van der Waals surface area contributed by atoms with E-state index in [9.17, 15) is 40.5 Å². The van der Waals surface area contributed by atoms with Crippen molar-refractivity contribution in [2.45, 2.75) is 325 Å². The monoisotopic (exact) mass is 1070 g/mol. The van der Waals surface area contributed by atoms with Gasteiger partial charge >= 0.3 is 5.97 Å². The Kier molecular flexibility index (Phi) is 44.9. The Hall–Kier alpha value is -1.53. The minimum Gasteiger partial charge on any atom is -0.457 e. The maximum Gasteiger partial charge on any atom is 0.306 e. The van der Waals surface area contributed by atoms with E-state index in [-0.39, 0.29) is 25.6 Å². The molecule has 0 radical (unpaired) electrons. The van der Waals surface area contributed by atoms with Gasteiger partial charge in [-0.15, -0.1) is 0 Å². The molecule has 0 aromatic heterocycles. The van der Waals surface area contributed by atoms with Crippen molar-refractivity contribution in [1.29, 1.82) is 0 Å². The van der Waals surface area contributed by atoms with E-state index in [1.165, 1.54) is 193 Å². The van der Waals surface area contributed by atoms with Crippen molar-refractivity contribution in [1.82, 2.24) is 0 Å². The van der Waals surface area contributed by atoms with Gasteiger partial charge in [-0.3, -0.25) is 4.79 Å². The lowest BCUT2D eigenvalue weighted by Gasteiger charge is -2.42. The summed E-state index contributed by atoms with van der Waals surface area (Å²) in [6.07, 6.45) is 39.5. The number of hydrogen-bond acceptors (Lipinski definition) is 14. The van der Waals surface area contributed by atoms with E-state index in [2.05, 4.69) is 38.2 Å². The Morgan fingerprint density at radius 2 is 0.787 bits per heavy atom. The van der Waals surface area contributed by atoms with Crippen molar-refractivity contribution in [3.63, 3.8) is 0 Å². The Morgan fingerprint density at radius 1 is 0.427 bits per heavy atom. The van der Waals surface area contributed by atoms with Gasteiger partial charge in [0.2, 0.25) is 0 Å². The Morgan fingerprint density at radius 3 is 1.21 bits per heavy atom. The summed E-state index contributed by atoms with van der Waals surface area (Å²) in [6, 6.07) is 0. The van der Waals surface area contributed by atoms with Crippen LogP contribution in [0.5, 0.6) is 0 Å². The van der Waals surface area contributed by atoms with Crippen LogP contribution in [-0.4, -0.2) is 142 Å². The number of aliphatic hydroxyl groups is 7. The van der Waals surface area contributed by atoms with Gasteiger partial charge in [-0.25, -0.2) is 0 Å². The van der Waals surface area contributed by atoms with Gasteiger partial charge in [-0.1, -0.05) is 212 Å². The fraction of sp³-hybridized carbons (Fsp3) is 0.918. The lowest BCUT2D eigenvalue weighted by atomic mass is 9.98. The molecule has 11 unspecified atom stereocenters. The van der Waals surface area contributed by atoms with E-state index in [0.717, 1.165) is 38.5 Å². The lowest BCUT2D eigenvalue weighted by molar-refractivity contribution is -0.332. The molecule has 0 amide bonds. The Bertz CT molecular complexity index is 1330. The largest absolute Gasteiger partial charge is 0.457 e. The SMILES string of the molecule is CCCCCCCC/C=C\CCCCCCCCCCCCOCC(COC1OC(COC2OC(CO)C(O)C(O)C2O)C(O)C(O)C1O)OC(=O)CCCCCCCCCCC/C=C\CCCCCCCCCC. The summed E-state index contributed by atoms with van der Waals surface area (Å²) in [5.41, 5.74) is 0. The molecule has 0 aromatic carbocycles. The van der Waals surface area contributed by atoms with Crippen molar-refractivity contribution in [2.24, 2.45) is 0 Å². The first-order chi connectivity index (χ1) is 36.6. The predicted octanol–water partition coefficient (Wildman–Crippen LogP) is 11.5. The van der Waals surface area contributed by atoms with Crippen molar-refractivity contribution in [2.75, 3.05) is 33.0 Å². The first-order valence-electron chi connectivity index (χ1n) is 30.9. The first-order valence-corrected chi connectivity index (χ1v) is 30.9. The summed E-state index contributed by atoms with van der Waals surface area (Å²) >= 11 is 0. The van der Waals surface area contributed by atoms with Gasteiger partial charge in [-0.2, -0.15) is 0 Å². The van der Waals surface area contributed by atoms with Crippen LogP contribution in [0.3, 0.4) is 0 Å². The molecular formula is C61H114O14. The lowest BCUT2D eigenvalue weighted by Crippen LogP contribution is -2.61. The number of carbonyl (C=O) groups excluding carboxylic acids is 1. The van der Waals surface area contributed by atoms with E-state index in [1.807, 2.05) is 0 Å². The smallest absolute Gasteiger partial charge is 0.306 e. The van der Waals surface area contributed by atoms with Crippen LogP contribution in [0.15, 0.2) is 24.3 Å². The second-order valence-electron chi connectivity index (χ2n) is 21.9. The second-order valence-corrected chi connectivity index (χ2v) is 21.9. The highest BCUT2D eigenvalue weighted by atomic mass is 16.7. The van der Waals surface area contributed by atoms with Crippen LogP contribution in [-0.2, 0) is 33.2 Å². The molecule has 442 valence electrons. The maximum atomic E-state index is 13.1.